The van der Waals surface area contributed by atoms with Gasteiger partial charge in [-0.25, -0.2) is 4.98 Å². The van der Waals surface area contributed by atoms with E-state index in [1.54, 1.807) is 18.5 Å². The maximum atomic E-state index is 12.4. The number of aliphatic hydroxyl groups is 1. The van der Waals surface area contributed by atoms with E-state index in [9.17, 15) is 9.90 Å². The van der Waals surface area contributed by atoms with Crippen molar-refractivity contribution in [1.82, 2.24) is 25.1 Å². The molecule has 140 valence electrons. The molecule has 2 N–H and O–H groups in total. The average Bonchev–Trinajstić information content (AvgIpc) is 3.17. The molecule has 0 aliphatic heterocycles. The molecule has 1 saturated carbocycles. The summed E-state index contributed by atoms with van der Waals surface area (Å²) in [6.07, 6.45) is 6.81. The van der Waals surface area contributed by atoms with E-state index in [0.29, 0.717) is 17.2 Å². The predicted octanol–water partition coefficient (Wildman–Crippen LogP) is 2.59. The molecule has 1 atom stereocenters. The molecule has 0 radical (unpaired) electrons. The molecule has 7 nitrogen and oxygen atoms in total. The van der Waals surface area contributed by atoms with Crippen LogP contribution in [0.1, 0.15) is 62.5 Å². The van der Waals surface area contributed by atoms with Gasteiger partial charge >= 0.3 is 0 Å². The van der Waals surface area contributed by atoms with E-state index in [4.69, 9.17) is 0 Å². The molecule has 1 aliphatic carbocycles. The molecule has 1 unspecified atom stereocenters. The molecule has 0 saturated heterocycles. The molecule has 7 heteroatoms. The maximum absolute atomic E-state index is 12.4. The van der Waals surface area contributed by atoms with E-state index in [0.717, 1.165) is 25.7 Å². The zero-order valence-corrected chi connectivity index (χ0v) is 15.4. The zero-order chi connectivity index (χ0) is 18.5. The summed E-state index contributed by atoms with van der Waals surface area (Å²) in [5, 5.41) is 21.2. The number of aromatic nitrogens is 4. The minimum absolute atomic E-state index is 0.199. The second-order valence-electron chi connectivity index (χ2n) is 7.24. The van der Waals surface area contributed by atoms with Crippen molar-refractivity contribution in [2.24, 2.45) is 5.92 Å². The summed E-state index contributed by atoms with van der Waals surface area (Å²) in [6, 6.07) is 5.47. The first kappa shape index (κ1) is 18.5. The molecule has 1 aliphatic rings. The summed E-state index contributed by atoms with van der Waals surface area (Å²) < 4.78 is 1.91. The number of carbonyl (C=O) groups is 1. The molecule has 0 bridgehead atoms. The van der Waals surface area contributed by atoms with E-state index in [1.165, 1.54) is 6.42 Å². The highest BCUT2D eigenvalue weighted by molar-refractivity contribution is 5.92. The summed E-state index contributed by atoms with van der Waals surface area (Å²) in [5.41, 5.74) is 0.924. The molecule has 2 aromatic heterocycles. The third kappa shape index (κ3) is 4.27. The molecule has 3 rings (SSSR count). The topological polar surface area (TPSA) is 92.9 Å². The minimum atomic E-state index is -0.494. The van der Waals surface area contributed by atoms with Gasteiger partial charge < -0.3 is 15.0 Å². The van der Waals surface area contributed by atoms with Gasteiger partial charge in [0, 0.05) is 12.6 Å². The normalized spacial score (nSPS) is 16.6. The number of aliphatic hydroxyl groups excluding tert-OH is 1. The number of amides is 1. The van der Waals surface area contributed by atoms with Crippen LogP contribution < -0.4 is 5.32 Å². The molecule has 0 spiro atoms. The van der Waals surface area contributed by atoms with E-state index >= 15 is 0 Å². The van der Waals surface area contributed by atoms with Gasteiger partial charge in [0.15, 0.2) is 5.82 Å². The quantitative estimate of drug-likeness (QED) is 0.829. The van der Waals surface area contributed by atoms with Crippen LogP contribution >= 0.6 is 0 Å². The van der Waals surface area contributed by atoms with Gasteiger partial charge in [-0.2, -0.15) is 0 Å². The average molecular weight is 357 g/mol. The number of rotatable bonds is 6. The van der Waals surface area contributed by atoms with Gasteiger partial charge in [0.2, 0.25) is 0 Å². The first-order chi connectivity index (χ1) is 12.6. The standard InChI is InChI=1S/C19H27N5O2/c1-13(2)24-12-21-23-18(24)15-9-6-10-16(22-15)19(26)20-11-17(25)14-7-4-3-5-8-14/h6,9-10,12-14,17,25H,3-5,7-8,11H2,1-2H3,(H,20,26). The highest BCUT2D eigenvalue weighted by atomic mass is 16.3. The first-order valence-corrected chi connectivity index (χ1v) is 9.39. The number of hydrogen-bond donors (Lipinski definition) is 2. The van der Waals surface area contributed by atoms with Crippen molar-refractivity contribution in [2.45, 2.75) is 58.1 Å². The van der Waals surface area contributed by atoms with Gasteiger partial charge in [-0.1, -0.05) is 25.3 Å². The van der Waals surface area contributed by atoms with Crippen LogP contribution in [0.3, 0.4) is 0 Å². The summed E-state index contributed by atoms with van der Waals surface area (Å²) in [6.45, 7) is 4.34. The molecular weight excluding hydrogens is 330 g/mol. The van der Waals surface area contributed by atoms with E-state index < -0.39 is 6.10 Å². The summed E-state index contributed by atoms with van der Waals surface area (Å²) in [5.74, 6) is 0.641. The molecule has 26 heavy (non-hydrogen) atoms. The Morgan fingerprint density at radius 3 is 2.81 bits per heavy atom. The Morgan fingerprint density at radius 1 is 1.31 bits per heavy atom. The number of pyridine rings is 1. The van der Waals surface area contributed by atoms with Gasteiger partial charge in [-0.15, -0.1) is 10.2 Å². The smallest absolute Gasteiger partial charge is 0.269 e. The van der Waals surface area contributed by atoms with Crippen LogP contribution in [0, 0.1) is 5.92 Å². The number of hydrogen-bond acceptors (Lipinski definition) is 5. The fraction of sp³-hybridized carbons (Fsp3) is 0.579. The van der Waals surface area contributed by atoms with Crippen molar-refractivity contribution < 1.29 is 9.90 Å². The van der Waals surface area contributed by atoms with Crippen molar-refractivity contribution >= 4 is 5.91 Å². The van der Waals surface area contributed by atoms with E-state index in [1.807, 2.05) is 24.5 Å². The Hall–Kier alpha value is -2.28. The van der Waals surface area contributed by atoms with Crippen LogP contribution in [-0.2, 0) is 0 Å². The van der Waals surface area contributed by atoms with Gasteiger partial charge in [-0.05, 0) is 44.7 Å². The lowest BCUT2D eigenvalue weighted by Gasteiger charge is -2.26. The van der Waals surface area contributed by atoms with E-state index in [2.05, 4.69) is 20.5 Å². The third-order valence-corrected chi connectivity index (χ3v) is 5.01. The largest absolute Gasteiger partial charge is 0.391 e. The van der Waals surface area contributed by atoms with Crippen LogP contribution in [0.2, 0.25) is 0 Å². The van der Waals surface area contributed by atoms with Crippen molar-refractivity contribution in [3.05, 3.63) is 30.2 Å². The first-order valence-electron chi connectivity index (χ1n) is 9.39. The SMILES string of the molecule is CC(C)n1cnnc1-c1cccc(C(=O)NCC(O)C2CCCCC2)n1. The number of nitrogens with one attached hydrogen (secondary N) is 1. The number of nitrogens with zero attached hydrogens (tertiary/aromatic N) is 4. The van der Waals surface area contributed by atoms with Gasteiger partial charge in [-0.3, -0.25) is 4.79 Å². The lowest BCUT2D eigenvalue weighted by Crippen LogP contribution is -2.37. The van der Waals surface area contributed by atoms with Gasteiger partial charge in [0.25, 0.3) is 5.91 Å². The fourth-order valence-corrected chi connectivity index (χ4v) is 3.46. The van der Waals surface area contributed by atoms with Crippen LogP contribution in [0.15, 0.2) is 24.5 Å². The highest BCUT2D eigenvalue weighted by Gasteiger charge is 2.22. The van der Waals surface area contributed by atoms with Crippen molar-refractivity contribution in [3.63, 3.8) is 0 Å². The van der Waals surface area contributed by atoms with E-state index in [-0.39, 0.29) is 24.4 Å². The van der Waals surface area contributed by atoms with Crippen LogP contribution in [-0.4, -0.2) is 43.4 Å². The van der Waals surface area contributed by atoms with Crippen molar-refractivity contribution in [2.75, 3.05) is 6.54 Å². The maximum Gasteiger partial charge on any atom is 0.269 e. The molecule has 0 aromatic carbocycles. The molecular formula is C19H27N5O2. The summed E-state index contributed by atoms with van der Waals surface area (Å²) >= 11 is 0. The third-order valence-electron chi connectivity index (χ3n) is 5.01. The van der Waals surface area contributed by atoms with Crippen molar-refractivity contribution in [1.29, 1.82) is 0 Å². The molecule has 2 aromatic rings. The lowest BCUT2D eigenvalue weighted by atomic mass is 9.85. The molecule has 2 heterocycles. The monoisotopic (exact) mass is 357 g/mol. The number of carbonyl (C=O) groups excluding carboxylic acids is 1. The Morgan fingerprint density at radius 2 is 2.08 bits per heavy atom. The van der Waals surface area contributed by atoms with Gasteiger partial charge in [0.05, 0.1) is 6.10 Å². The minimum Gasteiger partial charge on any atom is -0.391 e. The summed E-state index contributed by atoms with van der Waals surface area (Å²) in [7, 11) is 0. The lowest BCUT2D eigenvalue weighted by molar-refractivity contribution is 0.0736. The van der Waals surface area contributed by atoms with Crippen LogP contribution in [0.5, 0.6) is 0 Å². The highest BCUT2D eigenvalue weighted by Crippen LogP contribution is 2.26. The van der Waals surface area contributed by atoms with Crippen molar-refractivity contribution in [3.8, 4) is 11.5 Å². The Labute approximate surface area is 153 Å². The van der Waals surface area contributed by atoms with Gasteiger partial charge in [0.1, 0.15) is 17.7 Å². The molecule has 1 amide bonds. The second-order valence-corrected chi connectivity index (χ2v) is 7.24. The van der Waals surface area contributed by atoms with Crippen LogP contribution in [0.25, 0.3) is 11.5 Å². The second kappa shape index (κ2) is 8.40. The zero-order valence-electron chi connectivity index (χ0n) is 15.4. The fourth-order valence-electron chi connectivity index (χ4n) is 3.46. The molecule has 1 fully saturated rings. The Balaban J connectivity index is 1.65. The Bertz CT molecular complexity index is 737. The Kier molecular flexibility index (Phi) is 5.98. The summed E-state index contributed by atoms with van der Waals surface area (Å²) in [4.78, 5) is 16.9. The van der Waals surface area contributed by atoms with Crippen LogP contribution in [0.4, 0.5) is 0 Å². The predicted molar refractivity (Wildman–Crippen MR) is 98.6 cm³/mol.